The molecule has 0 aromatic heterocycles. The Labute approximate surface area is 69.8 Å². The average molecular weight is 156 g/mol. The third kappa shape index (κ3) is 1.76. The summed E-state index contributed by atoms with van der Waals surface area (Å²) in [5.74, 6) is 0.530. The Balaban J connectivity index is 2.44. The van der Waals surface area contributed by atoms with Gasteiger partial charge >= 0.3 is 0 Å². The summed E-state index contributed by atoms with van der Waals surface area (Å²) in [6.07, 6.45) is 4.65. The van der Waals surface area contributed by atoms with E-state index in [1.807, 2.05) is 0 Å². The highest BCUT2D eigenvalue weighted by Gasteiger charge is 2.46. The Morgan fingerprint density at radius 1 is 1.27 bits per heavy atom. The fourth-order valence-corrected chi connectivity index (χ4v) is 1.80. The minimum atomic E-state index is -0.0440. The van der Waals surface area contributed by atoms with Crippen molar-refractivity contribution in [2.45, 2.75) is 52.6 Å². The lowest BCUT2D eigenvalue weighted by atomic mass is 9.86. The minimum Gasteiger partial charge on any atom is -0.392 e. The predicted octanol–water partition coefficient (Wildman–Crippen LogP) is 2.58. The standard InChI is InChI=1S/C10H20O/c1-4-8(5-2)9(11)10(3)6-7-10/h8-9,11H,4-7H2,1-3H3. The summed E-state index contributed by atoms with van der Waals surface area (Å²) in [6, 6.07) is 0. The van der Waals surface area contributed by atoms with Crippen molar-refractivity contribution in [2.75, 3.05) is 0 Å². The molecule has 1 nitrogen and oxygen atoms in total. The first-order valence-corrected chi connectivity index (χ1v) is 4.82. The third-order valence-corrected chi connectivity index (χ3v) is 3.25. The van der Waals surface area contributed by atoms with Crippen LogP contribution < -0.4 is 0 Å². The lowest BCUT2D eigenvalue weighted by Crippen LogP contribution is -2.27. The number of rotatable bonds is 4. The van der Waals surface area contributed by atoms with Crippen molar-refractivity contribution in [2.24, 2.45) is 11.3 Å². The number of aliphatic hydroxyl groups excluding tert-OH is 1. The van der Waals surface area contributed by atoms with E-state index >= 15 is 0 Å². The largest absolute Gasteiger partial charge is 0.392 e. The fourth-order valence-electron chi connectivity index (χ4n) is 1.80. The molecule has 0 aromatic carbocycles. The van der Waals surface area contributed by atoms with Crippen molar-refractivity contribution in [1.29, 1.82) is 0 Å². The molecule has 0 aromatic rings. The molecular weight excluding hydrogens is 136 g/mol. The quantitative estimate of drug-likeness (QED) is 0.663. The smallest absolute Gasteiger partial charge is 0.0621 e. The predicted molar refractivity (Wildman–Crippen MR) is 47.4 cm³/mol. The van der Waals surface area contributed by atoms with E-state index in [1.165, 1.54) is 12.8 Å². The second kappa shape index (κ2) is 3.14. The molecule has 0 bridgehead atoms. The van der Waals surface area contributed by atoms with Gasteiger partial charge in [0.2, 0.25) is 0 Å². The molecule has 0 heterocycles. The molecule has 1 rings (SSSR count). The van der Waals surface area contributed by atoms with Gasteiger partial charge < -0.3 is 5.11 Å². The number of aliphatic hydroxyl groups is 1. The van der Waals surface area contributed by atoms with E-state index in [0.717, 1.165) is 12.8 Å². The Morgan fingerprint density at radius 3 is 2.00 bits per heavy atom. The number of hydrogen-bond acceptors (Lipinski definition) is 1. The van der Waals surface area contributed by atoms with Crippen LogP contribution in [0.3, 0.4) is 0 Å². The zero-order chi connectivity index (χ0) is 8.48. The Hall–Kier alpha value is -0.0400. The lowest BCUT2D eigenvalue weighted by molar-refractivity contribution is 0.0414. The molecule has 0 amide bonds. The van der Waals surface area contributed by atoms with Gasteiger partial charge in [0.05, 0.1) is 6.10 Å². The Bertz CT molecular complexity index is 123. The topological polar surface area (TPSA) is 20.2 Å². The molecule has 0 spiro atoms. The molecule has 1 N–H and O–H groups in total. The van der Waals surface area contributed by atoms with Crippen LogP contribution in [0.4, 0.5) is 0 Å². The Morgan fingerprint density at radius 2 is 1.73 bits per heavy atom. The summed E-state index contributed by atoms with van der Waals surface area (Å²) >= 11 is 0. The second-order valence-corrected chi connectivity index (χ2v) is 4.18. The summed E-state index contributed by atoms with van der Waals surface area (Å²) in [7, 11) is 0. The zero-order valence-corrected chi connectivity index (χ0v) is 7.93. The molecule has 1 saturated carbocycles. The molecule has 1 unspecified atom stereocenters. The van der Waals surface area contributed by atoms with Crippen molar-refractivity contribution in [1.82, 2.24) is 0 Å². The van der Waals surface area contributed by atoms with Crippen molar-refractivity contribution >= 4 is 0 Å². The highest BCUT2D eigenvalue weighted by molar-refractivity contribution is 4.96. The van der Waals surface area contributed by atoms with E-state index in [-0.39, 0.29) is 11.5 Å². The summed E-state index contributed by atoms with van der Waals surface area (Å²) < 4.78 is 0. The van der Waals surface area contributed by atoms with E-state index in [4.69, 9.17) is 0 Å². The van der Waals surface area contributed by atoms with Crippen LogP contribution in [0.1, 0.15) is 46.5 Å². The monoisotopic (exact) mass is 156 g/mol. The van der Waals surface area contributed by atoms with Crippen LogP contribution in [0.2, 0.25) is 0 Å². The molecular formula is C10H20O. The summed E-state index contributed by atoms with van der Waals surface area (Å²) in [4.78, 5) is 0. The van der Waals surface area contributed by atoms with Gasteiger partial charge in [0.25, 0.3) is 0 Å². The molecule has 1 fully saturated rings. The summed E-state index contributed by atoms with van der Waals surface area (Å²) in [6.45, 7) is 6.54. The number of hydrogen-bond donors (Lipinski definition) is 1. The van der Waals surface area contributed by atoms with Gasteiger partial charge in [-0.3, -0.25) is 0 Å². The first-order valence-electron chi connectivity index (χ1n) is 4.82. The maximum Gasteiger partial charge on any atom is 0.0621 e. The van der Waals surface area contributed by atoms with Crippen LogP contribution in [0.15, 0.2) is 0 Å². The molecule has 1 aliphatic carbocycles. The molecule has 0 aliphatic heterocycles. The molecule has 1 aliphatic rings. The average Bonchev–Trinajstić information content (AvgIpc) is 2.72. The molecule has 0 saturated heterocycles. The van der Waals surface area contributed by atoms with Gasteiger partial charge in [0, 0.05) is 0 Å². The molecule has 1 atom stereocenters. The van der Waals surface area contributed by atoms with Gasteiger partial charge in [-0.1, -0.05) is 33.6 Å². The van der Waals surface area contributed by atoms with Crippen molar-refractivity contribution in [3.63, 3.8) is 0 Å². The molecule has 1 heteroatoms. The minimum absolute atomic E-state index is 0.0440. The van der Waals surface area contributed by atoms with E-state index in [0.29, 0.717) is 5.92 Å². The van der Waals surface area contributed by atoms with Crippen LogP contribution in [0, 0.1) is 11.3 Å². The lowest BCUT2D eigenvalue weighted by Gasteiger charge is -2.25. The normalized spacial score (nSPS) is 23.7. The fraction of sp³-hybridized carbons (Fsp3) is 1.00. The second-order valence-electron chi connectivity index (χ2n) is 4.18. The van der Waals surface area contributed by atoms with Gasteiger partial charge in [-0.05, 0) is 24.2 Å². The zero-order valence-electron chi connectivity index (χ0n) is 7.93. The highest BCUT2D eigenvalue weighted by Crippen LogP contribution is 2.50. The van der Waals surface area contributed by atoms with E-state index in [2.05, 4.69) is 20.8 Å². The van der Waals surface area contributed by atoms with Gasteiger partial charge in [-0.25, -0.2) is 0 Å². The van der Waals surface area contributed by atoms with E-state index in [1.54, 1.807) is 0 Å². The third-order valence-electron chi connectivity index (χ3n) is 3.25. The van der Waals surface area contributed by atoms with Crippen LogP contribution in [-0.2, 0) is 0 Å². The summed E-state index contributed by atoms with van der Waals surface area (Å²) in [5, 5.41) is 9.91. The maximum absolute atomic E-state index is 9.91. The van der Waals surface area contributed by atoms with Crippen LogP contribution >= 0.6 is 0 Å². The van der Waals surface area contributed by atoms with Gasteiger partial charge in [0.1, 0.15) is 0 Å². The van der Waals surface area contributed by atoms with E-state index < -0.39 is 0 Å². The maximum atomic E-state index is 9.91. The first-order chi connectivity index (χ1) is 5.14. The highest BCUT2D eigenvalue weighted by atomic mass is 16.3. The van der Waals surface area contributed by atoms with Crippen molar-refractivity contribution < 1.29 is 5.11 Å². The van der Waals surface area contributed by atoms with Gasteiger partial charge in [-0.15, -0.1) is 0 Å². The van der Waals surface area contributed by atoms with Gasteiger partial charge in [-0.2, -0.15) is 0 Å². The van der Waals surface area contributed by atoms with Crippen LogP contribution in [0.25, 0.3) is 0 Å². The van der Waals surface area contributed by atoms with Crippen molar-refractivity contribution in [3.8, 4) is 0 Å². The van der Waals surface area contributed by atoms with E-state index in [9.17, 15) is 5.11 Å². The first kappa shape index (κ1) is 9.05. The van der Waals surface area contributed by atoms with Gasteiger partial charge in [0.15, 0.2) is 0 Å². The van der Waals surface area contributed by atoms with Crippen LogP contribution in [-0.4, -0.2) is 11.2 Å². The molecule has 66 valence electrons. The van der Waals surface area contributed by atoms with Crippen LogP contribution in [0.5, 0.6) is 0 Å². The summed E-state index contributed by atoms with van der Waals surface area (Å²) in [5.41, 5.74) is 0.288. The Kier molecular flexibility index (Phi) is 2.58. The van der Waals surface area contributed by atoms with Crippen molar-refractivity contribution in [3.05, 3.63) is 0 Å². The molecule has 11 heavy (non-hydrogen) atoms. The molecule has 0 radical (unpaired) electrons. The SMILES string of the molecule is CCC(CC)C(O)C1(C)CC1.